The topological polar surface area (TPSA) is 73.0 Å². The third-order valence-corrected chi connectivity index (χ3v) is 4.33. The molecule has 0 aliphatic heterocycles. The second kappa shape index (κ2) is 7.84. The number of carbonyl (C=O) groups excluding carboxylic acids is 1. The van der Waals surface area contributed by atoms with Crippen LogP contribution < -0.4 is 5.32 Å². The van der Waals surface area contributed by atoms with E-state index >= 15 is 0 Å². The van der Waals surface area contributed by atoms with Gasteiger partial charge in [-0.3, -0.25) is 4.79 Å². The van der Waals surface area contributed by atoms with E-state index in [0.717, 1.165) is 12.1 Å². The average molecular weight is 415 g/mol. The summed E-state index contributed by atoms with van der Waals surface area (Å²) in [6, 6.07) is 13.7. The number of aromatic nitrogens is 3. The fraction of sp³-hybridized carbons (Fsp3) is 0.0500. The van der Waals surface area contributed by atoms with Gasteiger partial charge in [0.1, 0.15) is 29.6 Å². The molecule has 2 aromatic carbocycles. The molecule has 1 N–H and O–H groups in total. The zero-order valence-electron chi connectivity index (χ0n) is 14.8. The maximum Gasteiger partial charge on any atom is 0.274 e. The van der Waals surface area contributed by atoms with Crippen molar-refractivity contribution in [2.45, 2.75) is 6.54 Å². The van der Waals surface area contributed by atoms with Gasteiger partial charge in [-0.25, -0.2) is 8.78 Å². The molecule has 0 fully saturated rings. The second-order valence-electron chi connectivity index (χ2n) is 6.10. The number of benzene rings is 2. The van der Waals surface area contributed by atoms with Crippen LogP contribution in [0.3, 0.4) is 0 Å². The van der Waals surface area contributed by atoms with Gasteiger partial charge in [-0.2, -0.15) is 4.98 Å². The molecule has 0 spiro atoms. The lowest BCUT2D eigenvalue weighted by atomic mass is 10.2. The fourth-order valence-corrected chi connectivity index (χ4v) is 2.96. The minimum absolute atomic E-state index is 0.190. The Morgan fingerprint density at radius 3 is 2.62 bits per heavy atom. The minimum atomic E-state index is -0.853. The van der Waals surface area contributed by atoms with Crippen molar-refractivity contribution in [3.8, 4) is 23.0 Å². The van der Waals surface area contributed by atoms with Gasteiger partial charge in [-0.05, 0) is 36.4 Å². The van der Waals surface area contributed by atoms with Crippen molar-refractivity contribution in [1.29, 1.82) is 0 Å². The summed E-state index contributed by atoms with van der Waals surface area (Å²) in [6.45, 7) is -0.203. The van der Waals surface area contributed by atoms with Gasteiger partial charge in [-0.1, -0.05) is 35.0 Å². The SMILES string of the molecule is O=C(Cn1cccc1-c1nc(-c2cccc(Cl)c2)no1)Nc1c(F)cccc1F. The predicted molar refractivity (Wildman–Crippen MR) is 103 cm³/mol. The number of anilines is 1. The molecule has 1 amide bonds. The molecule has 2 aromatic heterocycles. The van der Waals surface area contributed by atoms with Gasteiger partial charge in [0.05, 0.1) is 0 Å². The first-order valence-corrected chi connectivity index (χ1v) is 8.88. The van der Waals surface area contributed by atoms with Gasteiger partial charge in [0.15, 0.2) is 0 Å². The van der Waals surface area contributed by atoms with E-state index in [1.807, 2.05) is 0 Å². The van der Waals surface area contributed by atoms with Crippen LogP contribution in [0.25, 0.3) is 23.0 Å². The quantitative estimate of drug-likeness (QED) is 0.510. The molecule has 2 heterocycles. The molecule has 0 bridgehead atoms. The Labute approximate surface area is 168 Å². The van der Waals surface area contributed by atoms with E-state index in [1.165, 1.54) is 10.6 Å². The molecule has 0 saturated heterocycles. The highest BCUT2D eigenvalue weighted by atomic mass is 35.5. The summed E-state index contributed by atoms with van der Waals surface area (Å²) in [5.74, 6) is -1.78. The molecule has 146 valence electrons. The van der Waals surface area contributed by atoms with Crippen molar-refractivity contribution in [3.05, 3.63) is 77.5 Å². The van der Waals surface area contributed by atoms with E-state index in [4.69, 9.17) is 16.1 Å². The lowest BCUT2D eigenvalue weighted by Crippen LogP contribution is -2.20. The lowest BCUT2D eigenvalue weighted by Gasteiger charge is -2.09. The average Bonchev–Trinajstić information content (AvgIpc) is 3.34. The van der Waals surface area contributed by atoms with Gasteiger partial charge in [0, 0.05) is 16.8 Å². The smallest absolute Gasteiger partial charge is 0.274 e. The molecule has 4 aromatic rings. The first-order valence-electron chi connectivity index (χ1n) is 8.50. The number of para-hydroxylation sites is 1. The van der Waals surface area contributed by atoms with Gasteiger partial charge in [0.2, 0.25) is 11.7 Å². The highest BCUT2D eigenvalue weighted by molar-refractivity contribution is 6.30. The Kier molecular flexibility index (Phi) is 5.09. The van der Waals surface area contributed by atoms with Crippen molar-refractivity contribution >= 4 is 23.2 Å². The van der Waals surface area contributed by atoms with E-state index in [2.05, 4.69) is 15.5 Å². The van der Waals surface area contributed by atoms with E-state index in [-0.39, 0.29) is 12.4 Å². The summed E-state index contributed by atoms with van der Waals surface area (Å²) in [7, 11) is 0. The molecule has 4 rings (SSSR count). The van der Waals surface area contributed by atoms with Crippen molar-refractivity contribution in [2.75, 3.05) is 5.32 Å². The third-order valence-electron chi connectivity index (χ3n) is 4.10. The Bertz CT molecular complexity index is 1170. The number of carbonyl (C=O) groups is 1. The first-order chi connectivity index (χ1) is 14.0. The van der Waals surface area contributed by atoms with Crippen molar-refractivity contribution in [3.63, 3.8) is 0 Å². The van der Waals surface area contributed by atoms with E-state index in [9.17, 15) is 13.6 Å². The standard InChI is InChI=1S/C20H13ClF2N4O2/c21-13-5-1-4-12(10-13)19-25-20(29-26-19)16-8-3-9-27(16)11-17(28)24-18-14(22)6-2-7-15(18)23/h1-10H,11H2,(H,24,28). The summed E-state index contributed by atoms with van der Waals surface area (Å²) < 4.78 is 34.3. The fourth-order valence-electron chi connectivity index (χ4n) is 2.77. The Morgan fingerprint density at radius 2 is 1.86 bits per heavy atom. The Balaban J connectivity index is 1.54. The number of hydrogen-bond donors (Lipinski definition) is 1. The minimum Gasteiger partial charge on any atom is -0.334 e. The third kappa shape index (κ3) is 4.02. The first kappa shape index (κ1) is 18.8. The number of rotatable bonds is 5. The second-order valence-corrected chi connectivity index (χ2v) is 6.54. The van der Waals surface area contributed by atoms with Crippen LogP contribution in [-0.2, 0) is 11.3 Å². The highest BCUT2D eigenvalue weighted by Gasteiger charge is 2.17. The van der Waals surface area contributed by atoms with E-state index in [0.29, 0.717) is 22.1 Å². The van der Waals surface area contributed by atoms with Crippen LogP contribution in [-0.4, -0.2) is 20.6 Å². The van der Waals surface area contributed by atoms with Crippen LogP contribution in [0.5, 0.6) is 0 Å². The largest absolute Gasteiger partial charge is 0.334 e. The number of hydrogen-bond acceptors (Lipinski definition) is 4. The van der Waals surface area contributed by atoms with Crippen molar-refractivity contribution in [1.82, 2.24) is 14.7 Å². The van der Waals surface area contributed by atoms with E-state index in [1.54, 1.807) is 42.6 Å². The zero-order valence-corrected chi connectivity index (χ0v) is 15.5. The Hall–Kier alpha value is -3.52. The van der Waals surface area contributed by atoms with Crippen LogP contribution in [0.15, 0.2) is 65.3 Å². The molecule has 6 nitrogen and oxygen atoms in total. The van der Waals surface area contributed by atoms with Crippen molar-refractivity contribution < 1.29 is 18.1 Å². The molecular weight excluding hydrogens is 402 g/mol. The number of nitrogens with zero attached hydrogens (tertiary/aromatic N) is 3. The van der Waals surface area contributed by atoms with Gasteiger partial charge >= 0.3 is 0 Å². The molecule has 0 aliphatic rings. The van der Waals surface area contributed by atoms with Crippen LogP contribution >= 0.6 is 11.6 Å². The number of nitrogens with one attached hydrogen (secondary N) is 1. The molecule has 0 aliphatic carbocycles. The van der Waals surface area contributed by atoms with Gasteiger partial charge in [-0.15, -0.1) is 0 Å². The summed E-state index contributed by atoms with van der Waals surface area (Å²) >= 11 is 5.98. The maximum absolute atomic E-state index is 13.7. The number of halogens is 3. The monoisotopic (exact) mass is 414 g/mol. The summed E-state index contributed by atoms with van der Waals surface area (Å²) in [4.78, 5) is 16.6. The van der Waals surface area contributed by atoms with Crippen molar-refractivity contribution in [2.24, 2.45) is 0 Å². The highest BCUT2D eigenvalue weighted by Crippen LogP contribution is 2.25. The van der Waals surface area contributed by atoms with Crippen LogP contribution in [0, 0.1) is 11.6 Å². The molecule has 0 atom stereocenters. The molecule has 9 heteroatoms. The summed E-state index contributed by atoms with van der Waals surface area (Å²) in [5.41, 5.74) is 0.667. The Morgan fingerprint density at radius 1 is 1.10 bits per heavy atom. The molecular formula is C20H13ClF2N4O2. The van der Waals surface area contributed by atoms with Crippen LogP contribution in [0.1, 0.15) is 0 Å². The van der Waals surface area contributed by atoms with E-state index < -0.39 is 23.2 Å². The molecule has 0 radical (unpaired) electrons. The summed E-state index contributed by atoms with van der Waals surface area (Å²) in [6.07, 6.45) is 1.62. The molecule has 0 saturated carbocycles. The molecule has 29 heavy (non-hydrogen) atoms. The van der Waals surface area contributed by atoms with Crippen LogP contribution in [0.2, 0.25) is 5.02 Å². The number of amides is 1. The predicted octanol–water partition coefficient (Wildman–Crippen LogP) is 4.78. The summed E-state index contributed by atoms with van der Waals surface area (Å²) in [5, 5.41) is 6.71. The normalized spacial score (nSPS) is 10.9. The van der Waals surface area contributed by atoms with Gasteiger partial charge in [0.25, 0.3) is 5.89 Å². The van der Waals surface area contributed by atoms with Gasteiger partial charge < -0.3 is 14.4 Å². The zero-order chi connectivity index (χ0) is 20.4. The molecule has 0 unspecified atom stereocenters. The lowest BCUT2D eigenvalue weighted by molar-refractivity contribution is -0.116. The maximum atomic E-state index is 13.7. The van der Waals surface area contributed by atoms with Crippen LogP contribution in [0.4, 0.5) is 14.5 Å².